The quantitative estimate of drug-likeness (QED) is 0.516. The van der Waals surface area contributed by atoms with Crippen molar-refractivity contribution in [1.29, 1.82) is 0 Å². The first-order chi connectivity index (χ1) is 15.4. The van der Waals surface area contributed by atoms with Gasteiger partial charge in [-0.2, -0.15) is 0 Å². The average molecular weight is 433 g/mol. The van der Waals surface area contributed by atoms with Gasteiger partial charge in [0.2, 0.25) is 0 Å². The van der Waals surface area contributed by atoms with Crippen LogP contribution >= 0.6 is 0 Å². The van der Waals surface area contributed by atoms with Gasteiger partial charge in [0, 0.05) is 61.4 Å². The van der Waals surface area contributed by atoms with Crippen molar-refractivity contribution in [2.75, 3.05) is 23.3 Å². The van der Waals surface area contributed by atoms with E-state index in [1.165, 1.54) is 6.07 Å². The first kappa shape index (κ1) is 20.3. The van der Waals surface area contributed by atoms with Gasteiger partial charge in [-0.1, -0.05) is 0 Å². The highest BCUT2D eigenvalue weighted by Gasteiger charge is 2.25. The third-order valence-electron chi connectivity index (χ3n) is 5.61. The minimum absolute atomic E-state index is 0.220. The van der Waals surface area contributed by atoms with E-state index in [0.29, 0.717) is 34.5 Å². The number of aryl methyl sites for hydroxylation is 1. The number of hydrogen-bond acceptors (Lipinski definition) is 6. The number of hydrogen-bond donors (Lipinski definition) is 2. The lowest BCUT2D eigenvalue weighted by molar-refractivity contribution is 0.102. The summed E-state index contributed by atoms with van der Waals surface area (Å²) in [5, 5.41) is 7.10. The molecule has 4 aromatic rings. The van der Waals surface area contributed by atoms with E-state index < -0.39 is 11.7 Å². The van der Waals surface area contributed by atoms with E-state index in [0.717, 1.165) is 24.3 Å². The van der Waals surface area contributed by atoms with E-state index in [1.807, 2.05) is 12.1 Å². The van der Waals surface area contributed by atoms with Crippen molar-refractivity contribution in [3.8, 4) is 0 Å². The Bertz CT molecular complexity index is 1320. The molecule has 1 fully saturated rings. The van der Waals surface area contributed by atoms with Crippen molar-refractivity contribution < 1.29 is 9.18 Å². The Morgan fingerprint density at radius 2 is 2.00 bits per heavy atom. The van der Waals surface area contributed by atoms with E-state index in [1.54, 1.807) is 36.1 Å². The highest BCUT2D eigenvalue weighted by molar-refractivity contribution is 6.13. The van der Waals surface area contributed by atoms with Gasteiger partial charge in [0.25, 0.3) is 5.91 Å². The minimum atomic E-state index is -0.505. The molecule has 5 heterocycles. The summed E-state index contributed by atoms with van der Waals surface area (Å²) in [6.07, 6.45) is 6.55. The van der Waals surface area contributed by atoms with Crippen LogP contribution in [0, 0.1) is 12.7 Å². The fraction of sp³-hybridized carbons (Fsp3) is 0.304. The number of piperazine rings is 1. The molecule has 0 unspecified atom stereocenters. The highest BCUT2D eigenvalue weighted by Crippen LogP contribution is 2.28. The molecule has 164 valence electrons. The number of anilines is 2. The fourth-order valence-electron chi connectivity index (χ4n) is 4.42. The van der Waals surface area contributed by atoms with Gasteiger partial charge in [0.05, 0.1) is 22.5 Å². The van der Waals surface area contributed by atoms with Gasteiger partial charge in [-0.05, 0) is 32.9 Å². The molecular formula is C23H24FN7O. The molecule has 0 spiro atoms. The standard InChI is InChI=1S/C23H24FN7O/c1-13-9-30(10-14(2)27-13)21-17-5-4-6-25-20(17)18(8-26-21)23(32)29-16-7-19(24)22-28-15(3)11-31(22)12-16/h4-8,11-14,27H,9-10H2,1-3H3,(H,29,32)/t13-,14-/m0/s1. The molecule has 0 aromatic carbocycles. The molecule has 0 bridgehead atoms. The van der Waals surface area contributed by atoms with Crippen LogP contribution in [0.5, 0.6) is 0 Å². The van der Waals surface area contributed by atoms with Crippen LogP contribution in [-0.2, 0) is 0 Å². The van der Waals surface area contributed by atoms with Gasteiger partial charge in [-0.3, -0.25) is 9.78 Å². The summed E-state index contributed by atoms with van der Waals surface area (Å²) in [5.74, 6) is -0.0918. The Labute approximate surface area is 184 Å². The van der Waals surface area contributed by atoms with Crippen molar-refractivity contribution in [2.24, 2.45) is 0 Å². The van der Waals surface area contributed by atoms with Crippen LogP contribution in [0.15, 0.2) is 43.0 Å². The van der Waals surface area contributed by atoms with Gasteiger partial charge < -0.3 is 19.9 Å². The number of carbonyl (C=O) groups excluding carboxylic acids is 1. The van der Waals surface area contributed by atoms with Crippen molar-refractivity contribution in [1.82, 2.24) is 24.7 Å². The second kappa shape index (κ2) is 7.83. The van der Waals surface area contributed by atoms with Crippen LogP contribution < -0.4 is 15.5 Å². The van der Waals surface area contributed by atoms with Crippen LogP contribution in [0.1, 0.15) is 29.9 Å². The molecular weight excluding hydrogens is 409 g/mol. The highest BCUT2D eigenvalue weighted by atomic mass is 19.1. The number of nitrogens with one attached hydrogen (secondary N) is 2. The molecule has 2 N–H and O–H groups in total. The van der Waals surface area contributed by atoms with Crippen molar-refractivity contribution in [3.63, 3.8) is 0 Å². The molecule has 0 aliphatic carbocycles. The molecule has 9 heteroatoms. The molecule has 5 rings (SSSR count). The zero-order valence-corrected chi connectivity index (χ0v) is 18.1. The van der Waals surface area contributed by atoms with Gasteiger partial charge in [-0.25, -0.2) is 14.4 Å². The number of rotatable bonds is 3. The summed E-state index contributed by atoms with van der Waals surface area (Å²) in [7, 11) is 0. The molecule has 0 saturated carbocycles. The monoisotopic (exact) mass is 433 g/mol. The van der Waals surface area contributed by atoms with Crippen LogP contribution in [0.3, 0.4) is 0 Å². The van der Waals surface area contributed by atoms with Gasteiger partial charge >= 0.3 is 0 Å². The number of halogens is 1. The predicted molar refractivity (Wildman–Crippen MR) is 122 cm³/mol. The van der Waals surface area contributed by atoms with Crippen molar-refractivity contribution >= 4 is 34.0 Å². The molecule has 1 saturated heterocycles. The average Bonchev–Trinajstić information content (AvgIpc) is 3.13. The van der Waals surface area contributed by atoms with Crippen molar-refractivity contribution in [3.05, 3.63) is 60.1 Å². The normalized spacial score (nSPS) is 18.9. The summed E-state index contributed by atoms with van der Waals surface area (Å²) >= 11 is 0. The van der Waals surface area contributed by atoms with E-state index >= 15 is 0 Å². The number of amides is 1. The Balaban J connectivity index is 1.50. The van der Waals surface area contributed by atoms with E-state index in [9.17, 15) is 9.18 Å². The molecule has 1 aliphatic heterocycles. The third-order valence-corrected chi connectivity index (χ3v) is 5.61. The number of fused-ring (bicyclic) bond motifs is 2. The lowest BCUT2D eigenvalue weighted by atomic mass is 10.1. The fourth-order valence-corrected chi connectivity index (χ4v) is 4.42. The number of imidazole rings is 1. The Hall–Kier alpha value is -3.59. The molecule has 32 heavy (non-hydrogen) atoms. The maximum Gasteiger partial charge on any atom is 0.259 e. The van der Waals surface area contributed by atoms with Gasteiger partial charge in [-0.15, -0.1) is 0 Å². The third kappa shape index (κ3) is 3.64. The van der Waals surface area contributed by atoms with Gasteiger partial charge in [0.1, 0.15) is 5.82 Å². The smallest absolute Gasteiger partial charge is 0.259 e. The molecule has 8 nitrogen and oxygen atoms in total. The molecule has 2 atom stereocenters. The van der Waals surface area contributed by atoms with Crippen molar-refractivity contribution in [2.45, 2.75) is 32.9 Å². The number of pyridine rings is 3. The van der Waals surface area contributed by atoms with Gasteiger partial charge in [0.15, 0.2) is 11.5 Å². The second-order valence-electron chi connectivity index (χ2n) is 8.41. The number of aromatic nitrogens is 4. The summed E-state index contributed by atoms with van der Waals surface area (Å²) in [4.78, 5) is 28.6. The lowest BCUT2D eigenvalue weighted by Crippen LogP contribution is -2.54. The maximum atomic E-state index is 14.4. The van der Waals surface area contributed by atoms with Crippen LogP contribution in [-0.4, -0.2) is 50.4 Å². The first-order valence-electron chi connectivity index (χ1n) is 10.6. The van der Waals surface area contributed by atoms with E-state index in [4.69, 9.17) is 0 Å². The molecule has 0 radical (unpaired) electrons. The molecule has 4 aromatic heterocycles. The maximum absolute atomic E-state index is 14.4. The minimum Gasteiger partial charge on any atom is -0.353 e. The predicted octanol–water partition coefficient (Wildman–Crippen LogP) is 3.16. The topological polar surface area (TPSA) is 87.5 Å². The Morgan fingerprint density at radius 3 is 2.78 bits per heavy atom. The summed E-state index contributed by atoms with van der Waals surface area (Å²) < 4.78 is 16.0. The number of carbonyl (C=O) groups is 1. The Kier molecular flexibility index (Phi) is 4.97. The Morgan fingerprint density at radius 1 is 1.22 bits per heavy atom. The molecule has 1 aliphatic rings. The zero-order valence-electron chi connectivity index (χ0n) is 18.1. The number of nitrogens with zero attached hydrogens (tertiary/aromatic N) is 5. The first-order valence-corrected chi connectivity index (χ1v) is 10.6. The molecule has 1 amide bonds. The lowest BCUT2D eigenvalue weighted by Gasteiger charge is -2.37. The SMILES string of the molecule is Cc1cn2cc(NC(=O)c3cnc(N4C[C@H](C)N[C@@H](C)C4)c4cccnc34)cc(F)c2n1. The van der Waals surface area contributed by atoms with Crippen LogP contribution in [0.25, 0.3) is 16.6 Å². The van der Waals surface area contributed by atoms with E-state index in [-0.39, 0.29) is 5.65 Å². The summed E-state index contributed by atoms with van der Waals surface area (Å²) in [6.45, 7) is 7.70. The van der Waals surface area contributed by atoms with E-state index in [2.05, 4.69) is 44.3 Å². The van der Waals surface area contributed by atoms with Crippen LogP contribution in [0.2, 0.25) is 0 Å². The summed E-state index contributed by atoms with van der Waals surface area (Å²) in [6, 6.07) is 5.69. The largest absolute Gasteiger partial charge is 0.353 e. The van der Waals surface area contributed by atoms with Crippen LogP contribution in [0.4, 0.5) is 15.9 Å². The summed E-state index contributed by atoms with van der Waals surface area (Å²) in [5.41, 5.74) is 2.14. The zero-order chi connectivity index (χ0) is 22.4. The second-order valence-corrected chi connectivity index (χ2v) is 8.41.